The van der Waals surface area contributed by atoms with E-state index in [4.69, 9.17) is 5.26 Å². The summed E-state index contributed by atoms with van der Waals surface area (Å²) in [7, 11) is -3.02. The molecule has 2 aliphatic rings. The lowest BCUT2D eigenvalue weighted by Gasteiger charge is -2.39. The van der Waals surface area contributed by atoms with Crippen LogP contribution in [0.5, 0.6) is 0 Å². The highest BCUT2D eigenvalue weighted by Crippen LogP contribution is 2.43. The van der Waals surface area contributed by atoms with Crippen molar-refractivity contribution in [1.29, 1.82) is 5.26 Å². The van der Waals surface area contributed by atoms with E-state index < -0.39 is 10.0 Å². The summed E-state index contributed by atoms with van der Waals surface area (Å²) in [5.74, 6) is 0.918. The smallest absolute Gasteiger partial charge is 0.211 e. The number of sulfonamides is 1. The van der Waals surface area contributed by atoms with Gasteiger partial charge in [-0.3, -0.25) is 0 Å². The van der Waals surface area contributed by atoms with E-state index in [2.05, 4.69) is 6.07 Å². The number of hydrogen-bond acceptors (Lipinski definition) is 3. The van der Waals surface area contributed by atoms with Gasteiger partial charge in [0, 0.05) is 19.0 Å². The topological polar surface area (TPSA) is 61.2 Å². The van der Waals surface area contributed by atoms with E-state index >= 15 is 0 Å². The maximum Gasteiger partial charge on any atom is 0.211 e. The summed E-state index contributed by atoms with van der Waals surface area (Å²) >= 11 is 0. The Morgan fingerprint density at radius 2 is 1.93 bits per heavy atom. The second-order valence-electron chi connectivity index (χ2n) is 4.33. The van der Waals surface area contributed by atoms with Crippen molar-refractivity contribution in [2.24, 2.45) is 17.8 Å². The zero-order chi connectivity index (χ0) is 10.3. The summed E-state index contributed by atoms with van der Waals surface area (Å²) in [6, 6.07) is 2.32. The van der Waals surface area contributed by atoms with Crippen LogP contribution in [0.4, 0.5) is 0 Å². The molecule has 0 bridgehead atoms. The van der Waals surface area contributed by atoms with Gasteiger partial charge < -0.3 is 0 Å². The molecule has 1 heterocycles. The maximum atomic E-state index is 11.1. The molecular weight excluding hydrogens is 200 g/mol. The van der Waals surface area contributed by atoms with Crippen LogP contribution in [-0.2, 0) is 10.0 Å². The predicted octanol–water partition coefficient (Wildman–Crippen LogP) is 0.428. The quantitative estimate of drug-likeness (QED) is 0.684. The second kappa shape index (κ2) is 3.21. The molecule has 0 amide bonds. The fourth-order valence-electron chi connectivity index (χ4n) is 2.02. The molecule has 5 heteroatoms. The van der Waals surface area contributed by atoms with Gasteiger partial charge in [0.2, 0.25) is 10.0 Å². The minimum atomic E-state index is -3.02. The molecule has 1 saturated carbocycles. The van der Waals surface area contributed by atoms with Gasteiger partial charge >= 0.3 is 0 Å². The highest BCUT2D eigenvalue weighted by atomic mass is 32.2. The SMILES string of the molecule is CS(=O)(=O)N1CC(C(C#N)C2CC2)C1. The Morgan fingerprint density at radius 3 is 2.29 bits per heavy atom. The lowest BCUT2D eigenvalue weighted by molar-refractivity contribution is 0.150. The van der Waals surface area contributed by atoms with Gasteiger partial charge in [-0.05, 0) is 18.8 Å². The Bertz CT molecular complexity index is 361. The molecule has 1 saturated heterocycles. The molecular formula is C9H14N2O2S. The van der Waals surface area contributed by atoms with E-state index in [-0.39, 0.29) is 11.8 Å². The number of nitrogens with zero attached hydrogens (tertiary/aromatic N) is 2. The molecule has 1 aliphatic heterocycles. The first-order valence-electron chi connectivity index (χ1n) is 4.87. The van der Waals surface area contributed by atoms with Gasteiger partial charge in [-0.2, -0.15) is 5.26 Å². The van der Waals surface area contributed by atoms with Crippen LogP contribution in [0.1, 0.15) is 12.8 Å². The molecule has 1 atom stereocenters. The second-order valence-corrected chi connectivity index (χ2v) is 6.31. The number of nitriles is 1. The Morgan fingerprint density at radius 1 is 1.36 bits per heavy atom. The van der Waals surface area contributed by atoms with Gasteiger partial charge in [-0.15, -0.1) is 0 Å². The molecule has 0 aromatic rings. The van der Waals surface area contributed by atoms with Crippen molar-refractivity contribution in [2.45, 2.75) is 12.8 Å². The lowest BCUT2D eigenvalue weighted by Crippen LogP contribution is -2.52. The molecule has 2 fully saturated rings. The van der Waals surface area contributed by atoms with Gasteiger partial charge in [0.25, 0.3) is 0 Å². The predicted molar refractivity (Wildman–Crippen MR) is 51.7 cm³/mol. The van der Waals surface area contributed by atoms with E-state index in [1.54, 1.807) is 0 Å². The molecule has 0 aromatic carbocycles. The average molecular weight is 214 g/mol. The van der Waals surface area contributed by atoms with Gasteiger partial charge in [-0.1, -0.05) is 0 Å². The largest absolute Gasteiger partial charge is 0.213 e. The first-order valence-corrected chi connectivity index (χ1v) is 6.72. The van der Waals surface area contributed by atoms with Crippen LogP contribution in [0.3, 0.4) is 0 Å². The third-order valence-electron chi connectivity index (χ3n) is 3.13. The first kappa shape index (κ1) is 9.94. The average Bonchev–Trinajstić information content (AvgIpc) is 2.74. The molecule has 1 unspecified atom stereocenters. The van der Waals surface area contributed by atoms with Crippen molar-refractivity contribution in [2.75, 3.05) is 19.3 Å². The van der Waals surface area contributed by atoms with Crippen LogP contribution in [-0.4, -0.2) is 32.1 Å². The molecule has 0 N–H and O–H groups in total. The Balaban J connectivity index is 1.91. The third-order valence-corrected chi connectivity index (χ3v) is 4.37. The zero-order valence-electron chi connectivity index (χ0n) is 8.18. The lowest BCUT2D eigenvalue weighted by atomic mass is 9.85. The van der Waals surface area contributed by atoms with Crippen LogP contribution in [0.25, 0.3) is 0 Å². The summed E-state index contributed by atoms with van der Waals surface area (Å²) in [4.78, 5) is 0. The van der Waals surface area contributed by atoms with Crippen LogP contribution < -0.4 is 0 Å². The third kappa shape index (κ3) is 1.77. The minimum Gasteiger partial charge on any atom is -0.213 e. The molecule has 1 aliphatic carbocycles. The molecule has 4 nitrogen and oxygen atoms in total. The van der Waals surface area contributed by atoms with Crippen LogP contribution >= 0.6 is 0 Å². The number of rotatable bonds is 3. The summed E-state index contributed by atoms with van der Waals surface area (Å²) in [5.41, 5.74) is 0. The van der Waals surface area contributed by atoms with Crippen LogP contribution in [0.15, 0.2) is 0 Å². The van der Waals surface area contributed by atoms with Crippen LogP contribution in [0.2, 0.25) is 0 Å². The van der Waals surface area contributed by atoms with Crippen molar-refractivity contribution < 1.29 is 8.42 Å². The first-order chi connectivity index (χ1) is 6.52. The fraction of sp³-hybridized carbons (Fsp3) is 0.889. The number of hydrogen-bond donors (Lipinski definition) is 0. The van der Waals surface area contributed by atoms with Gasteiger partial charge in [0.05, 0.1) is 18.2 Å². The summed E-state index contributed by atoms with van der Waals surface area (Å²) < 4.78 is 23.6. The van der Waals surface area contributed by atoms with Crippen LogP contribution in [0, 0.1) is 29.1 Å². The Labute approximate surface area is 84.6 Å². The molecule has 0 aromatic heterocycles. The normalized spacial score (nSPS) is 26.6. The Kier molecular flexibility index (Phi) is 2.28. The van der Waals surface area contributed by atoms with E-state index in [9.17, 15) is 8.42 Å². The molecule has 2 rings (SSSR count). The van der Waals surface area contributed by atoms with Crippen molar-refractivity contribution in [3.05, 3.63) is 0 Å². The van der Waals surface area contributed by atoms with Gasteiger partial charge in [0.15, 0.2) is 0 Å². The minimum absolute atomic E-state index is 0.0907. The fourth-order valence-corrected chi connectivity index (χ4v) is 2.94. The highest BCUT2D eigenvalue weighted by molar-refractivity contribution is 7.88. The van der Waals surface area contributed by atoms with Gasteiger partial charge in [0.1, 0.15) is 0 Å². The molecule has 0 spiro atoms. The highest BCUT2D eigenvalue weighted by Gasteiger charge is 2.44. The van der Waals surface area contributed by atoms with E-state index in [1.165, 1.54) is 10.6 Å². The summed E-state index contributed by atoms with van der Waals surface area (Å²) in [6.45, 7) is 1.10. The van der Waals surface area contributed by atoms with E-state index in [0.717, 1.165) is 12.8 Å². The Hall–Kier alpha value is -0.600. The van der Waals surface area contributed by atoms with Crippen molar-refractivity contribution in [3.8, 4) is 6.07 Å². The molecule has 14 heavy (non-hydrogen) atoms. The van der Waals surface area contributed by atoms with Crippen molar-refractivity contribution in [1.82, 2.24) is 4.31 Å². The summed E-state index contributed by atoms with van der Waals surface area (Å²) in [5, 5.41) is 8.94. The molecule has 78 valence electrons. The molecule has 0 radical (unpaired) electrons. The standard InChI is InChI=1S/C9H14N2O2S/c1-14(12,13)11-5-8(6-11)9(4-10)7-2-3-7/h7-9H,2-3,5-6H2,1H3. The van der Waals surface area contributed by atoms with E-state index in [1.807, 2.05) is 0 Å². The van der Waals surface area contributed by atoms with E-state index in [0.29, 0.717) is 19.0 Å². The van der Waals surface area contributed by atoms with Crippen molar-refractivity contribution >= 4 is 10.0 Å². The van der Waals surface area contributed by atoms with Crippen molar-refractivity contribution in [3.63, 3.8) is 0 Å². The monoisotopic (exact) mass is 214 g/mol. The van der Waals surface area contributed by atoms with Gasteiger partial charge in [-0.25, -0.2) is 12.7 Å². The summed E-state index contributed by atoms with van der Waals surface area (Å²) in [6.07, 6.45) is 3.52. The maximum absolute atomic E-state index is 11.1. The zero-order valence-corrected chi connectivity index (χ0v) is 9.00.